The van der Waals surface area contributed by atoms with E-state index in [-0.39, 0.29) is 7.43 Å². The van der Waals surface area contributed by atoms with Crippen molar-refractivity contribution in [2.45, 2.75) is 88.5 Å². The van der Waals surface area contributed by atoms with Crippen LogP contribution in [-0.2, 0) is 0 Å². The highest BCUT2D eigenvalue weighted by Crippen LogP contribution is 2.00. The molecule has 98 valence electrons. The zero-order valence-corrected chi connectivity index (χ0v) is 12.0. The topological polar surface area (TPSA) is 0 Å². The number of hydrogen-bond donors (Lipinski definition) is 0. The fraction of sp³-hybridized carbons (Fsp3) is 1.00. The first-order valence-corrected chi connectivity index (χ1v) is 6.54. The second-order valence-electron chi connectivity index (χ2n) is 4.37. The van der Waals surface area contributed by atoms with Crippen LogP contribution in [0.4, 0.5) is 0 Å². The molecule has 0 atom stereocenters. The van der Waals surface area contributed by atoms with E-state index in [1.54, 1.807) is 0 Å². The fourth-order valence-electron chi connectivity index (χ4n) is 1.15. The van der Waals surface area contributed by atoms with E-state index >= 15 is 0 Å². The van der Waals surface area contributed by atoms with Crippen molar-refractivity contribution in [2.75, 3.05) is 0 Å². The molecule has 0 bridgehead atoms. The quantitative estimate of drug-likeness (QED) is 0.502. The summed E-state index contributed by atoms with van der Waals surface area (Å²) in [5, 5.41) is 0. The standard InChI is InChI=1S/2C6H14.C2H6.CH4/c2*1-4-5-6(2)3;1-2;/h2*6H,4-5H2,1-3H3;1-2H3;1H4. The molecular formula is C15H38. The van der Waals surface area contributed by atoms with Crippen LogP contribution in [0.15, 0.2) is 0 Å². The normalized spacial score (nSPS) is 8.40. The first kappa shape index (κ1) is 24.3. The van der Waals surface area contributed by atoms with Gasteiger partial charge in [0.15, 0.2) is 0 Å². The van der Waals surface area contributed by atoms with Gasteiger partial charge in [-0.1, -0.05) is 88.5 Å². The molecule has 0 N–H and O–H groups in total. The number of rotatable bonds is 4. The van der Waals surface area contributed by atoms with Crippen molar-refractivity contribution in [1.82, 2.24) is 0 Å². The van der Waals surface area contributed by atoms with Gasteiger partial charge < -0.3 is 0 Å². The molecule has 0 fully saturated rings. The maximum absolute atomic E-state index is 2.25. The van der Waals surface area contributed by atoms with Crippen LogP contribution in [0.1, 0.15) is 88.5 Å². The predicted molar refractivity (Wildman–Crippen MR) is 77.6 cm³/mol. The maximum Gasteiger partial charge on any atom is -0.0471 e. The Balaban J connectivity index is -0.0000000653. The highest BCUT2D eigenvalue weighted by molar-refractivity contribution is 4.39. The minimum Gasteiger partial charge on any atom is -0.0776 e. The van der Waals surface area contributed by atoms with E-state index < -0.39 is 0 Å². The molecule has 0 aliphatic rings. The van der Waals surface area contributed by atoms with Gasteiger partial charge in [-0.15, -0.1) is 0 Å². The van der Waals surface area contributed by atoms with Crippen LogP contribution in [0.5, 0.6) is 0 Å². The lowest BCUT2D eigenvalue weighted by Gasteiger charge is -1.95. The molecule has 0 saturated heterocycles. The predicted octanol–water partition coefficient (Wildman–Crippen LogP) is 6.55. The third-order valence-electron chi connectivity index (χ3n) is 1.73. The maximum atomic E-state index is 2.25. The molecule has 0 spiro atoms. The minimum atomic E-state index is 0. The van der Waals surface area contributed by atoms with Crippen molar-refractivity contribution in [2.24, 2.45) is 11.8 Å². The lowest BCUT2D eigenvalue weighted by molar-refractivity contribution is 0.576. The van der Waals surface area contributed by atoms with Gasteiger partial charge in [-0.2, -0.15) is 0 Å². The molecule has 0 saturated carbocycles. The average Bonchev–Trinajstić information content (AvgIpc) is 2.08. The van der Waals surface area contributed by atoms with Crippen LogP contribution in [-0.4, -0.2) is 0 Å². The third-order valence-corrected chi connectivity index (χ3v) is 1.73. The van der Waals surface area contributed by atoms with Crippen molar-refractivity contribution in [1.29, 1.82) is 0 Å². The summed E-state index contributed by atoms with van der Waals surface area (Å²) in [4.78, 5) is 0. The molecule has 0 aromatic heterocycles. The summed E-state index contributed by atoms with van der Waals surface area (Å²) in [5.41, 5.74) is 0. The van der Waals surface area contributed by atoms with Crippen molar-refractivity contribution < 1.29 is 0 Å². The molecule has 0 rings (SSSR count). The lowest BCUT2D eigenvalue weighted by atomic mass is 10.1. The first-order valence-electron chi connectivity index (χ1n) is 6.54. The van der Waals surface area contributed by atoms with E-state index in [0.29, 0.717) is 0 Å². The molecule has 0 amide bonds. The van der Waals surface area contributed by atoms with Crippen LogP contribution >= 0.6 is 0 Å². The zero-order chi connectivity index (χ0) is 12.0. The lowest BCUT2D eigenvalue weighted by Crippen LogP contribution is -1.81. The summed E-state index contributed by atoms with van der Waals surface area (Å²) in [6.07, 6.45) is 5.41. The van der Waals surface area contributed by atoms with Crippen LogP contribution < -0.4 is 0 Å². The summed E-state index contributed by atoms with van der Waals surface area (Å²) >= 11 is 0. The van der Waals surface area contributed by atoms with Gasteiger partial charge in [0.25, 0.3) is 0 Å². The molecule has 0 nitrogen and oxygen atoms in total. The second kappa shape index (κ2) is 23.7. The Labute approximate surface area is 101 Å². The molecule has 15 heavy (non-hydrogen) atoms. The Bertz CT molecular complexity index is 52.4. The Morgan fingerprint density at radius 3 is 0.867 bits per heavy atom. The molecule has 0 aromatic carbocycles. The third kappa shape index (κ3) is 56.0. The van der Waals surface area contributed by atoms with Gasteiger partial charge >= 0.3 is 0 Å². The molecule has 0 aliphatic carbocycles. The van der Waals surface area contributed by atoms with E-state index in [2.05, 4.69) is 41.5 Å². The first-order chi connectivity index (χ1) is 6.54. The van der Waals surface area contributed by atoms with E-state index in [9.17, 15) is 0 Å². The minimum absolute atomic E-state index is 0. The van der Waals surface area contributed by atoms with Crippen LogP contribution in [0.25, 0.3) is 0 Å². The van der Waals surface area contributed by atoms with Gasteiger partial charge in [0.1, 0.15) is 0 Å². The van der Waals surface area contributed by atoms with Crippen LogP contribution in [0.2, 0.25) is 0 Å². The van der Waals surface area contributed by atoms with Crippen molar-refractivity contribution in [3.8, 4) is 0 Å². The number of hydrogen-bond acceptors (Lipinski definition) is 0. The molecule has 0 heteroatoms. The average molecular weight is 218 g/mol. The fourth-order valence-corrected chi connectivity index (χ4v) is 1.15. The van der Waals surface area contributed by atoms with Gasteiger partial charge in [-0.3, -0.25) is 0 Å². The Hall–Kier alpha value is 0. The largest absolute Gasteiger partial charge is 0.0776 e. The van der Waals surface area contributed by atoms with Crippen molar-refractivity contribution in [3.63, 3.8) is 0 Å². The van der Waals surface area contributed by atoms with Gasteiger partial charge in [-0.25, -0.2) is 0 Å². The highest BCUT2D eigenvalue weighted by Gasteiger charge is 1.86. The molecular weight excluding hydrogens is 180 g/mol. The summed E-state index contributed by atoms with van der Waals surface area (Å²) in [6, 6.07) is 0. The molecule has 0 radical (unpaired) electrons. The molecule has 0 aromatic rings. The van der Waals surface area contributed by atoms with E-state index in [4.69, 9.17) is 0 Å². The molecule has 0 aliphatic heterocycles. The van der Waals surface area contributed by atoms with Crippen LogP contribution in [0.3, 0.4) is 0 Å². The molecule has 0 unspecified atom stereocenters. The monoisotopic (exact) mass is 218 g/mol. The smallest absolute Gasteiger partial charge is 0.0471 e. The Morgan fingerprint density at radius 1 is 0.667 bits per heavy atom. The summed E-state index contributed by atoms with van der Waals surface area (Å²) in [6.45, 7) is 17.5. The summed E-state index contributed by atoms with van der Waals surface area (Å²) in [5.74, 6) is 1.80. The van der Waals surface area contributed by atoms with Crippen molar-refractivity contribution >= 4 is 0 Å². The summed E-state index contributed by atoms with van der Waals surface area (Å²) < 4.78 is 0. The Kier molecular flexibility index (Phi) is 38.3. The summed E-state index contributed by atoms with van der Waals surface area (Å²) in [7, 11) is 0. The van der Waals surface area contributed by atoms with Crippen molar-refractivity contribution in [3.05, 3.63) is 0 Å². The van der Waals surface area contributed by atoms with Gasteiger partial charge in [-0.05, 0) is 11.8 Å². The van der Waals surface area contributed by atoms with E-state index in [0.717, 1.165) is 11.8 Å². The van der Waals surface area contributed by atoms with E-state index in [1.165, 1.54) is 25.7 Å². The zero-order valence-electron chi connectivity index (χ0n) is 12.0. The SMILES string of the molecule is C.CC.CCCC(C)C.CCCC(C)C. The van der Waals surface area contributed by atoms with Crippen LogP contribution in [0, 0.1) is 11.8 Å². The highest BCUT2D eigenvalue weighted by atomic mass is 13.9. The van der Waals surface area contributed by atoms with Gasteiger partial charge in [0.2, 0.25) is 0 Å². The van der Waals surface area contributed by atoms with E-state index in [1.807, 2.05) is 13.8 Å². The second-order valence-corrected chi connectivity index (χ2v) is 4.37. The van der Waals surface area contributed by atoms with Gasteiger partial charge in [0, 0.05) is 0 Å². The van der Waals surface area contributed by atoms with Gasteiger partial charge in [0.05, 0.1) is 0 Å². The molecule has 0 heterocycles. The Morgan fingerprint density at radius 2 is 0.867 bits per heavy atom.